The summed E-state index contributed by atoms with van der Waals surface area (Å²) < 4.78 is 1.56. The predicted octanol–water partition coefficient (Wildman–Crippen LogP) is 8.92. The van der Waals surface area contributed by atoms with Crippen molar-refractivity contribution in [3.63, 3.8) is 0 Å². The van der Waals surface area contributed by atoms with E-state index in [4.69, 9.17) is 0 Å². The molecule has 5 rings (SSSR count). The van der Waals surface area contributed by atoms with Gasteiger partial charge in [-0.2, -0.15) is 4.68 Å². The van der Waals surface area contributed by atoms with Crippen LogP contribution in [0.2, 0.25) is 0 Å². The maximum absolute atomic E-state index is 14.1. The van der Waals surface area contributed by atoms with Gasteiger partial charge in [0.2, 0.25) is 17.0 Å². The Morgan fingerprint density at radius 1 is 0.745 bits per heavy atom. The van der Waals surface area contributed by atoms with Gasteiger partial charge in [-0.25, -0.2) is 0 Å². The molecule has 8 nitrogen and oxygen atoms in total. The lowest BCUT2D eigenvalue weighted by Gasteiger charge is -2.34. The van der Waals surface area contributed by atoms with Crippen LogP contribution in [-0.4, -0.2) is 47.6 Å². The van der Waals surface area contributed by atoms with Gasteiger partial charge >= 0.3 is 0 Å². The Balaban J connectivity index is 1.10. The van der Waals surface area contributed by atoms with Crippen LogP contribution in [0.4, 0.5) is 0 Å². The molecule has 0 bridgehead atoms. The first-order chi connectivity index (χ1) is 23.0. The van der Waals surface area contributed by atoms with Crippen LogP contribution in [0.5, 0.6) is 0 Å². The molecule has 0 saturated carbocycles. The maximum Gasteiger partial charge on any atom is 0.234 e. The van der Waals surface area contributed by atoms with Gasteiger partial charge in [-0.3, -0.25) is 19.3 Å². The molecule has 252 valence electrons. The molecule has 1 aromatic heterocycles. The molecular weight excluding hydrogens is 607 g/mol. The van der Waals surface area contributed by atoms with E-state index >= 15 is 0 Å². The summed E-state index contributed by atoms with van der Waals surface area (Å²) in [7, 11) is 0. The van der Waals surface area contributed by atoms with Gasteiger partial charge in [-0.1, -0.05) is 152 Å². The third-order valence-corrected chi connectivity index (χ3v) is 11.0. The van der Waals surface area contributed by atoms with Crippen LogP contribution < -0.4 is 0 Å². The molecule has 1 fully saturated rings. The van der Waals surface area contributed by atoms with E-state index < -0.39 is 10.8 Å². The maximum atomic E-state index is 14.1. The first-order valence-corrected chi connectivity index (χ1v) is 18.9. The van der Waals surface area contributed by atoms with Crippen molar-refractivity contribution in [2.45, 2.75) is 139 Å². The number of tetrazole rings is 1. The number of carbonyl (C=O) groups is 3. The monoisotopic (exact) mass is 657 g/mol. The molecule has 1 aliphatic heterocycles. The summed E-state index contributed by atoms with van der Waals surface area (Å²) in [6, 6.07) is 16.8. The van der Waals surface area contributed by atoms with Crippen molar-refractivity contribution in [1.29, 1.82) is 0 Å². The van der Waals surface area contributed by atoms with E-state index in [1.54, 1.807) is 10.7 Å². The minimum atomic E-state index is -1.46. The number of para-hydroxylation sites is 1. The summed E-state index contributed by atoms with van der Waals surface area (Å²) in [5, 5.41) is 12.6. The van der Waals surface area contributed by atoms with E-state index in [1.165, 1.54) is 88.4 Å². The number of Topliss-reactive ketones (excluding diaryl/α,β-unsaturated/α-hetero) is 1. The number of aromatic nitrogens is 4. The molecule has 2 amide bonds. The number of hydrogen-bond donors (Lipinski definition) is 0. The minimum absolute atomic E-state index is 0.146. The number of fused-ring (bicyclic) bond motifs is 1. The lowest BCUT2D eigenvalue weighted by atomic mass is 9.98. The van der Waals surface area contributed by atoms with Gasteiger partial charge in [-0.05, 0) is 46.3 Å². The summed E-state index contributed by atoms with van der Waals surface area (Å²) in [5.41, 5.74) is 2.10. The van der Waals surface area contributed by atoms with Gasteiger partial charge in [-0.15, -0.1) is 5.10 Å². The smallest absolute Gasteiger partial charge is 0.234 e. The van der Waals surface area contributed by atoms with E-state index in [1.807, 2.05) is 48.5 Å². The van der Waals surface area contributed by atoms with E-state index in [0.29, 0.717) is 17.1 Å². The van der Waals surface area contributed by atoms with Crippen LogP contribution in [0.15, 0.2) is 59.8 Å². The second-order valence-corrected chi connectivity index (χ2v) is 14.6. The fraction of sp³-hybridized carbons (Fsp3) is 0.579. The van der Waals surface area contributed by atoms with Crippen molar-refractivity contribution in [3.8, 4) is 5.69 Å². The first kappa shape index (κ1) is 35.0. The second kappa shape index (κ2) is 17.7. The van der Waals surface area contributed by atoms with Gasteiger partial charge in [0.25, 0.3) is 0 Å². The molecule has 0 radical (unpaired) electrons. The summed E-state index contributed by atoms with van der Waals surface area (Å²) in [5.74, 6) is -1.18. The number of benzene rings is 2. The van der Waals surface area contributed by atoms with Crippen molar-refractivity contribution in [1.82, 2.24) is 25.1 Å². The zero-order valence-corrected chi connectivity index (χ0v) is 28.9. The highest BCUT2D eigenvalue weighted by Gasteiger charge is 2.59. The standard InChI is InChI=1S/C38H51N5O3S/c1-2-3-4-5-6-7-8-9-10-11-12-13-14-15-16-18-23-30-28-34(44)42(36(30)46)38(29-31-24-21-22-27-33(31)35(38)45)47-37-39-40-41-43(37)32-25-19-17-20-26-32/h17,19-22,24-27,30H,2-16,18,23,28-29H2,1H3. The highest BCUT2D eigenvalue weighted by Crippen LogP contribution is 2.48. The highest BCUT2D eigenvalue weighted by molar-refractivity contribution is 8.01. The number of unbranched alkanes of at least 4 members (excludes halogenated alkanes) is 15. The number of carbonyl (C=O) groups excluding carboxylic acids is 3. The number of imide groups is 1. The average Bonchev–Trinajstić information content (AvgIpc) is 3.75. The SMILES string of the molecule is CCCCCCCCCCCCCCCCCCC1CC(=O)N(C2(Sc3nnnn3-c3ccccc3)Cc3ccccc3C2=O)C1=O. The Labute approximate surface area is 284 Å². The fourth-order valence-corrected chi connectivity index (χ4v) is 8.44. The van der Waals surface area contributed by atoms with E-state index in [0.717, 1.165) is 42.3 Å². The van der Waals surface area contributed by atoms with Crippen LogP contribution in [0.3, 0.4) is 0 Å². The normalized spacial score (nSPS) is 19.2. The van der Waals surface area contributed by atoms with E-state index in [2.05, 4.69) is 22.4 Å². The Hall–Kier alpha value is -3.33. The number of amides is 2. The summed E-state index contributed by atoms with van der Waals surface area (Å²) in [6.45, 7) is 2.27. The van der Waals surface area contributed by atoms with Crippen molar-refractivity contribution >= 4 is 29.4 Å². The molecule has 2 atom stereocenters. The summed E-state index contributed by atoms with van der Waals surface area (Å²) in [4.78, 5) is 41.5. The van der Waals surface area contributed by atoms with Crippen molar-refractivity contribution < 1.29 is 14.4 Å². The predicted molar refractivity (Wildman–Crippen MR) is 186 cm³/mol. The Morgan fingerprint density at radius 3 is 1.94 bits per heavy atom. The van der Waals surface area contributed by atoms with Crippen LogP contribution >= 0.6 is 11.8 Å². The fourth-order valence-electron chi connectivity index (χ4n) is 7.12. The number of nitrogens with zero attached hydrogens (tertiary/aromatic N) is 5. The van der Waals surface area contributed by atoms with Gasteiger partial charge in [0.05, 0.1) is 5.69 Å². The topological polar surface area (TPSA) is 98.1 Å². The molecule has 2 heterocycles. The lowest BCUT2D eigenvalue weighted by molar-refractivity contribution is -0.142. The molecule has 2 aromatic carbocycles. The molecule has 2 unspecified atom stereocenters. The molecule has 3 aromatic rings. The Kier molecular flexibility index (Phi) is 13.2. The molecule has 1 saturated heterocycles. The third kappa shape index (κ3) is 8.78. The van der Waals surface area contributed by atoms with Crippen molar-refractivity contribution in [3.05, 3.63) is 65.7 Å². The van der Waals surface area contributed by atoms with Crippen molar-refractivity contribution in [2.75, 3.05) is 0 Å². The lowest BCUT2D eigenvalue weighted by Crippen LogP contribution is -2.54. The molecule has 1 aliphatic carbocycles. The summed E-state index contributed by atoms with van der Waals surface area (Å²) >= 11 is 1.11. The van der Waals surface area contributed by atoms with Gasteiger partial charge in [0.15, 0.2) is 10.7 Å². The highest BCUT2D eigenvalue weighted by atomic mass is 32.2. The Morgan fingerprint density at radius 2 is 1.32 bits per heavy atom. The largest absolute Gasteiger partial charge is 0.290 e. The molecule has 9 heteroatoms. The zero-order chi connectivity index (χ0) is 32.9. The molecule has 2 aliphatic rings. The number of thioether (sulfide) groups is 1. The summed E-state index contributed by atoms with van der Waals surface area (Å²) in [6.07, 6.45) is 21.8. The molecule has 47 heavy (non-hydrogen) atoms. The average molecular weight is 658 g/mol. The Bertz CT molecular complexity index is 1460. The van der Waals surface area contributed by atoms with Gasteiger partial charge in [0.1, 0.15) is 0 Å². The van der Waals surface area contributed by atoms with Gasteiger partial charge < -0.3 is 0 Å². The van der Waals surface area contributed by atoms with Crippen LogP contribution in [-0.2, 0) is 16.0 Å². The van der Waals surface area contributed by atoms with Crippen LogP contribution in [0.1, 0.15) is 138 Å². The number of likely N-dealkylation sites (tertiary alicyclic amines) is 1. The molecule has 0 N–H and O–H groups in total. The quantitative estimate of drug-likeness (QED) is 0.0833. The van der Waals surface area contributed by atoms with E-state index in [-0.39, 0.29) is 30.4 Å². The molecular formula is C38H51N5O3S. The second-order valence-electron chi connectivity index (χ2n) is 13.3. The van der Waals surface area contributed by atoms with Crippen LogP contribution in [0.25, 0.3) is 5.69 Å². The number of ketones is 1. The number of hydrogen-bond acceptors (Lipinski definition) is 7. The zero-order valence-electron chi connectivity index (χ0n) is 28.1. The number of rotatable bonds is 21. The van der Waals surface area contributed by atoms with Gasteiger partial charge in [0, 0.05) is 24.3 Å². The van der Waals surface area contributed by atoms with Crippen LogP contribution in [0, 0.1) is 5.92 Å². The third-order valence-electron chi connectivity index (χ3n) is 9.76. The van der Waals surface area contributed by atoms with Crippen molar-refractivity contribution in [2.24, 2.45) is 5.92 Å². The minimum Gasteiger partial charge on any atom is -0.290 e. The molecule has 0 spiro atoms. The first-order valence-electron chi connectivity index (χ1n) is 18.1. The van der Waals surface area contributed by atoms with E-state index in [9.17, 15) is 14.4 Å².